The highest BCUT2D eigenvalue weighted by molar-refractivity contribution is 6.03. The molecule has 2 rings (SSSR count). The van der Waals surface area contributed by atoms with Gasteiger partial charge in [0, 0.05) is 11.8 Å². The summed E-state index contributed by atoms with van der Waals surface area (Å²) in [5, 5.41) is 12.0. The Bertz CT molecular complexity index is 669. The van der Waals surface area contributed by atoms with E-state index in [9.17, 15) is 9.90 Å². The predicted octanol–water partition coefficient (Wildman–Crippen LogP) is 2.92. The molecule has 0 bridgehead atoms. The highest BCUT2D eigenvalue weighted by Crippen LogP contribution is 2.18. The van der Waals surface area contributed by atoms with Crippen molar-refractivity contribution in [3.8, 4) is 5.88 Å². The summed E-state index contributed by atoms with van der Waals surface area (Å²) >= 11 is 0. The number of amides is 1. The molecule has 2 N–H and O–H groups in total. The monoisotopic (exact) mass is 300 g/mol. The number of ether oxygens (including phenoxy) is 1. The summed E-state index contributed by atoms with van der Waals surface area (Å²) in [7, 11) is 0. The smallest absolute Gasteiger partial charge is 0.274 e. The van der Waals surface area contributed by atoms with Crippen molar-refractivity contribution in [3.63, 3.8) is 0 Å². The number of hydrogen-bond acceptors (Lipinski definition) is 4. The Labute approximate surface area is 130 Å². The van der Waals surface area contributed by atoms with Gasteiger partial charge in [-0.25, -0.2) is 4.98 Å². The van der Waals surface area contributed by atoms with Crippen molar-refractivity contribution in [2.45, 2.75) is 33.5 Å². The van der Waals surface area contributed by atoms with Gasteiger partial charge in [-0.2, -0.15) is 0 Å². The van der Waals surface area contributed by atoms with E-state index in [4.69, 9.17) is 4.74 Å². The van der Waals surface area contributed by atoms with Gasteiger partial charge in [0.15, 0.2) is 0 Å². The van der Waals surface area contributed by atoms with Crippen LogP contribution in [0.5, 0.6) is 5.88 Å². The molecule has 1 heterocycles. The predicted molar refractivity (Wildman–Crippen MR) is 85.1 cm³/mol. The number of benzene rings is 1. The van der Waals surface area contributed by atoms with Crippen LogP contribution in [0.2, 0.25) is 0 Å². The van der Waals surface area contributed by atoms with E-state index in [1.54, 1.807) is 24.3 Å². The van der Waals surface area contributed by atoms with Crippen LogP contribution < -0.4 is 10.1 Å². The largest absolute Gasteiger partial charge is 0.475 e. The Morgan fingerprint density at radius 3 is 2.77 bits per heavy atom. The van der Waals surface area contributed by atoms with Crippen LogP contribution in [0.1, 0.15) is 35.5 Å². The van der Waals surface area contributed by atoms with Crippen molar-refractivity contribution >= 4 is 11.6 Å². The summed E-state index contributed by atoms with van der Waals surface area (Å²) in [6.45, 7) is 5.62. The maximum Gasteiger partial charge on any atom is 0.274 e. The molecule has 0 unspecified atom stereocenters. The van der Waals surface area contributed by atoms with Gasteiger partial charge in [-0.1, -0.05) is 18.2 Å². The molecule has 22 heavy (non-hydrogen) atoms. The molecular weight excluding hydrogens is 280 g/mol. The number of anilines is 1. The molecular formula is C17H20N2O3. The van der Waals surface area contributed by atoms with Gasteiger partial charge in [-0.15, -0.1) is 0 Å². The molecule has 0 aliphatic heterocycles. The second-order valence-electron chi connectivity index (χ2n) is 5.29. The van der Waals surface area contributed by atoms with E-state index in [0.717, 1.165) is 11.1 Å². The standard InChI is InChI=1S/C17H20N2O3/c1-11(2)22-16-6-4-5-14(18-16)17(21)19-15-9-13(10-20)8-7-12(15)3/h4-9,11,20H,10H2,1-3H3,(H,19,21). The number of aryl methyl sites for hydroxylation is 1. The van der Waals surface area contributed by atoms with Crippen LogP contribution in [0.25, 0.3) is 0 Å². The first kappa shape index (κ1) is 16.0. The van der Waals surface area contributed by atoms with Gasteiger partial charge < -0.3 is 15.2 Å². The van der Waals surface area contributed by atoms with Crippen molar-refractivity contribution in [1.29, 1.82) is 0 Å². The van der Waals surface area contributed by atoms with Gasteiger partial charge in [0.1, 0.15) is 5.69 Å². The fraction of sp³-hybridized carbons (Fsp3) is 0.294. The minimum Gasteiger partial charge on any atom is -0.475 e. The number of carbonyl (C=O) groups is 1. The maximum absolute atomic E-state index is 12.3. The molecule has 0 saturated carbocycles. The lowest BCUT2D eigenvalue weighted by Crippen LogP contribution is -2.16. The van der Waals surface area contributed by atoms with Gasteiger partial charge in [0.05, 0.1) is 12.7 Å². The first-order valence-corrected chi connectivity index (χ1v) is 7.15. The lowest BCUT2D eigenvalue weighted by Gasteiger charge is -2.11. The second kappa shape index (κ2) is 7.04. The molecule has 2 aromatic rings. The van der Waals surface area contributed by atoms with E-state index in [0.29, 0.717) is 11.6 Å². The number of aromatic nitrogens is 1. The molecule has 5 nitrogen and oxygen atoms in total. The number of carbonyl (C=O) groups excluding carboxylic acids is 1. The summed E-state index contributed by atoms with van der Waals surface area (Å²) in [6.07, 6.45) is -0.00529. The quantitative estimate of drug-likeness (QED) is 0.890. The lowest BCUT2D eigenvalue weighted by molar-refractivity contribution is 0.102. The van der Waals surface area contributed by atoms with Crippen molar-refractivity contribution in [2.24, 2.45) is 0 Å². The van der Waals surface area contributed by atoms with Gasteiger partial charge >= 0.3 is 0 Å². The van der Waals surface area contributed by atoms with E-state index in [2.05, 4.69) is 10.3 Å². The summed E-state index contributed by atoms with van der Waals surface area (Å²) in [5.41, 5.74) is 2.60. The van der Waals surface area contributed by atoms with Crippen LogP contribution in [-0.2, 0) is 6.61 Å². The summed E-state index contributed by atoms with van der Waals surface area (Å²) in [4.78, 5) is 16.5. The average molecular weight is 300 g/mol. The van der Waals surface area contributed by atoms with Crippen molar-refractivity contribution in [1.82, 2.24) is 4.98 Å². The van der Waals surface area contributed by atoms with Crippen LogP contribution >= 0.6 is 0 Å². The summed E-state index contributed by atoms with van der Waals surface area (Å²) in [6, 6.07) is 10.5. The van der Waals surface area contributed by atoms with E-state index < -0.39 is 0 Å². The molecule has 0 radical (unpaired) electrons. The van der Waals surface area contributed by atoms with Crippen LogP contribution in [0.15, 0.2) is 36.4 Å². The average Bonchev–Trinajstić information content (AvgIpc) is 2.49. The van der Waals surface area contributed by atoms with E-state index in [1.807, 2.05) is 32.9 Å². The molecule has 0 spiro atoms. The van der Waals surface area contributed by atoms with E-state index >= 15 is 0 Å². The first-order chi connectivity index (χ1) is 10.5. The molecule has 1 aromatic carbocycles. The normalized spacial score (nSPS) is 10.6. The highest BCUT2D eigenvalue weighted by Gasteiger charge is 2.11. The Kier molecular flexibility index (Phi) is 5.12. The van der Waals surface area contributed by atoms with Gasteiger partial charge in [0.2, 0.25) is 5.88 Å². The molecule has 0 atom stereocenters. The number of aliphatic hydroxyl groups excluding tert-OH is 1. The van der Waals surface area contributed by atoms with E-state index in [1.165, 1.54) is 0 Å². The third-order valence-corrected chi connectivity index (χ3v) is 3.05. The number of pyridine rings is 1. The first-order valence-electron chi connectivity index (χ1n) is 7.15. The molecule has 116 valence electrons. The van der Waals surface area contributed by atoms with Gasteiger partial charge in [0.25, 0.3) is 5.91 Å². The SMILES string of the molecule is Cc1ccc(CO)cc1NC(=O)c1cccc(OC(C)C)n1. The topological polar surface area (TPSA) is 71.5 Å². The Morgan fingerprint density at radius 2 is 2.09 bits per heavy atom. The van der Waals surface area contributed by atoms with Crippen LogP contribution in [0, 0.1) is 6.92 Å². The lowest BCUT2D eigenvalue weighted by atomic mass is 10.1. The molecule has 0 aliphatic carbocycles. The van der Waals surface area contributed by atoms with Crippen LogP contribution in [-0.4, -0.2) is 22.1 Å². The highest BCUT2D eigenvalue weighted by atomic mass is 16.5. The molecule has 0 saturated heterocycles. The summed E-state index contributed by atoms with van der Waals surface area (Å²) in [5.74, 6) is 0.107. The third kappa shape index (κ3) is 4.05. The van der Waals surface area contributed by atoms with Crippen LogP contribution in [0.3, 0.4) is 0 Å². The molecule has 1 amide bonds. The maximum atomic E-state index is 12.3. The molecule has 0 aliphatic rings. The minimum absolute atomic E-state index is 0.00529. The fourth-order valence-corrected chi connectivity index (χ4v) is 1.94. The number of nitrogens with zero attached hydrogens (tertiary/aromatic N) is 1. The fourth-order valence-electron chi connectivity index (χ4n) is 1.94. The Morgan fingerprint density at radius 1 is 1.32 bits per heavy atom. The molecule has 5 heteroatoms. The number of nitrogens with one attached hydrogen (secondary N) is 1. The van der Waals surface area contributed by atoms with Crippen molar-refractivity contribution in [3.05, 3.63) is 53.2 Å². The number of rotatable bonds is 5. The second-order valence-corrected chi connectivity index (χ2v) is 5.29. The van der Waals surface area contributed by atoms with Crippen LogP contribution in [0.4, 0.5) is 5.69 Å². The minimum atomic E-state index is -0.313. The number of hydrogen-bond donors (Lipinski definition) is 2. The zero-order chi connectivity index (χ0) is 16.1. The van der Waals surface area contributed by atoms with Gasteiger partial charge in [-0.3, -0.25) is 4.79 Å². The van der Waals surface area contributed by atoms with E-state index in [-0.39, 0.29) is 24.3 Å². The zero-order valence-corrected chi connectivity index (χ0v) is 13.0. The van der Waals surface area contributed by atoms with Crippen molar-refractivity contribution in [2.75, 3.05) is 5.32 Å². The van der Waals surface area contributed by atoms with Gasteiger partial charge in [-0.05, 0) is 44.0 Å². The Balaban J connectivity index is 2.19. The number of aliphatic hydroxyl groups is 1. The zero-order valence-electron chi connectivity index (χ0n) is 13.0. The molecule has 0 fully saturated rings. The summed E-state index contributed by atoms with van der Waals surface area (Å²) < 4.78 is 5.49. The molecule has 1 aromatic heterocycles. The van der Waals surface area contributed by atoms with Crippen molar-refractivity contribution < 1.29 is 14.6 Å². The third-order valence-electron chi connectivity index (χ3n) is 3.05. The Hall–Kier alpha value is -2.40.